The van der Waals surface area contributed by atoms with E-state index >= 15 is 0 Å². The highest BCUT2D eigenvalue weighted by Crippen LogP contribution is 2.12. The molecule has 0 nitrogen and oxygen atoms in total. The molecular formula is C13H19F. The first-order valence-electron chi connectivity index (χ1n) is 5.49. The minimum Gasteiger partial charge on any atom is -0.207 e. The lowest BCUT2D eigenvalue weighted by Crippen LogP contribution is -1.89. The predicted octanol–water partition coefficient (Wildman–Crippen LogP) is 4.26. The van der Waals surface area contributed by atoms with Crippen LogP contribution in [0, 0.1) is 12.7 Å². The van der Waals surface area contributed by atoms with Crippen LogP contribution in [0.1, 0.15) is 43.7 Å². The maximum absolute atomic E-state index is 12.9. The van der Waals surface area contributed by atoms with Crippen molar-refractivity contribution >= 4 is 0 Å². The van der Waals surface area contributed by atoms with Crippen molar-refractivity contribution in [3.05, 3.63) is 35.1 Å². The van der Waals surface area contributed by atoms with E-state index in [2.05, 4.69) is 6.92 Å². The molecule has 0 aliphatic heterocycles. The van der Waals surface area contributed by atoms with E-state index in [9.17, 15) is 4.39 Å². The Bertz CT molecular complexity index is 279. The quantitative estimate of drug-likeness (QED) is 0.614. The predicted molar refractivity (Wildman–Crippen MR) is 59.0 cm³/mol. The zero-order valence-electron chi connectivity index (χ0n) is 9.15. The number of hydrogen-bond acceptors (Lipinski definition) is 0. The third kappa shape index (κ3) is 3.49. The molecule has 14 heavy (non-hydrogen) atoms. The van der Waals surface area contributed by atoms with Crippen molar-refractivity contribution in [2.45, 2.75) is 46.0 Å². The van der Waals surface area contributed by atoms with Crippen LogP contribution in [0.2, 0.25) is 0 Å². The first-order valence-corrected chi connectivity index (χ1v) is 5.49. The average Bonchev–Trinajstić information content (AvgIpc) is 2.18. The molecule has 1 aromatic carbocycles. The van der Waals surface area contributed by atoms with Crippen LogP contribution in [-0.2, 0) is 6.42 Å². The molecule has 1 aromatic rings. The third-order valence-corrected chi connectivity index (χ3v) is 2.54. The Morgan fingerprint density at radius 1 is 1.14 bits per heavy atom. The normalized spacial score (nSPS) is 10.5. The molecule has 0 spiro atoms. The molecule has 0 heterocycles. The fourth-order valence-corrected chi connectivity index (χ4v) is 1.62. The number of aryl methyl sites for hydroxylation is 2. The number of rotatable bonds is 5. The van der Waals surface area contributed by atoms with Crippen molar-refractivity contribution in [2.24, 2.45) is 0 Å². The lowest BCUT2D eigenvalue weighted by molar-refractivity contribution is 0.616. The maximum atomic E-state index is 12.9. The van der Waals surface area contributed by atoms with Gasteiger partial charge in [-0.3, -0.25) is 0 Å². The molecule has 0 fully saturated rings. The molecule has 0 aromatic heterocycles. The van der Waals surface area contributed by atoms with Gasteiger partial charge in [-0.05, 0) is 37.0 Å². The van der Waals surface area contributed by atoms with Gasteiger partial charge in [-0.2, -0.15) is 0 Å². The number of unbranched alkanes of at least 4 members (excludes halogenated alkanes) is 3. The van der Waals surface area contributed by atoms with Gasteiger partial charge in [-0.1, -0.05) is 38.3 Å². The second kappa shape index (κ2) is 5.79. The molecule has 1 rings (SSSR count). The molecule has 0 radical (unpaired) electrons. The molecule has 0 aliphatic carbocycles. The summed E-state index contributed by atoms with van der Waals surface area (Å²) in [6, 6.07) is 5.43. The van der Waals surface area contributed by atoms with Gasteiger partial charge in [-0.25, -0.2) is 4.39 Å². The fraction of sp³-hybridized carbons (Fsp3) is 0.538. The van der Waals surface area contributed by atoms with Crippen LogP contribution >= 0.6 is 0 Å². The lowest BCUT2D eigenvalue weighted by atomic mass is 10.0. The van der Waals surface area contributed by atoms with Crippen LogP contribution < -0.4 is 0 Å². The van der Waals surface area contributed by atoms with Gasteiger partial charge in [0.2, 0.25) is 0 Å². The SMILES string of the molecule is CCCCCCc1ccc(F)c(C)c1. The largest absolute Gasteiger partial charge is 0.207 e. The Morgan fingerprint density at radius 2 is 1.93 bits per heavy atom. The summed E-state index contributed by atoms with van der Waals surface area (Å²) in [5, 5.41) is 0. The molecule has 0 saturated heterocycles. The highest BCUT2D eigenvalue weighted by atomic mass is 19.1. The van der Waals surface area contributed by atoms with Crippen molar-refractivity contribution < 1.29 is 4.39 Å². The van der Waals surface area contributed by atoms with Gasteiger partial charge < -0.3 is 0 Å². The van der Waals surface area contributed by atoms with E-state index in [1.807, 2.05) is 19.1 Å². The van der Waals surface area contributed by atoms with Crippen LogP contribution in [0.3, 0.4) is 0 Å². The van der Waals surface area contributed by atoms with Gasteiger partial charge in [0.15, 0.2) is 0 Å². The topological polar surface area (TPSA) is 0 Å². The number of hydrogen-bond donors (Lipinski definition) is 0. The standard InChI is InChI=1S/C13H19F/c1-3-4-5-6-7-12-8-9-13(14)11(2)10-12/h8-10H,3-7H2,1-2H3. The first-order chi connectivity index (χ1) is 6.74. The molecule has 1 heteroatoms. The van der Waals surface area contributed by atoms with Crippen molar-refractivity contribution in [1.29, 1.82) is 0 Å². The smallest absolute Gasteiger partial charge is 0.126 e. The van der Waals surface area contributed by atoms with Crippen molar-refractivity contribution in [1.82, 2.24) is 0 Å². The van der Waals surface area contributed by atoms with Crippen LogP contribution in [0.15, 0.2) is 18.2 Å². The summed E-state index contributed by atoms with van der Waals surface area (Å²) < 4.78 is 12.9. The second-order valence-corrected chi connectivity index (χ2v) is 3.89. The Balaban J connectivity index is 2.39. The zero-order valence-corrected chi connectivity index (χ0v) is 9.15. The van der Waals surface area contributed by atoms with Gasteiger partial charge >= 0.3 is 0 Å². The Labute approximate surface area is 86.2 Å². The maximum Gasteiger partial charge on any atom is 0.126 e. The summed E-state index contributed by atoms with van der Waals surface area (Å²) in [7, 11) is 0. The fourth-order valence-electron chi connectivity index (χ4n) is 1.62. The lowest BCUT2D eigenvalue weighted by Gasteiger charge is -2.03. The van der Waals surface area contributed by atoms with Crippen LogP contribution in [0.4, 0.5) is 4.39 Å². The molecule has 0 amide bonds. The van der Waals surface area contributed by atoms with E-state index in [1.165, 1.54) is 31.2 Å². The van der Waals surface area contributed by atoms with Gasteiger partial charge in [0, 0.05) is 0 Å². The third-order valence-electron chi connectivity index (χ3n) is 2.54. The van der Waals surface area contributed by atoms with Crippen molar-refractivity contribution in [2.75, 3.05) is 0 Å². The molecule has 0 bridgehead atoms. The van der Waals surface area contributed by atoms with Crippen molar-refractivity contribution in [3.8, 4) is 0 Å². The molecule has 0 aliphatic rings. The van der Waals surface area contributed by atoms with Crippen LogP contribution in [0.5, 0.6) is 0 Å². The van der Waals surface area contributed by atoms with E-state index < -0.39 is 0 Å². The van der Waals surface area contributed by atoms with E-state index in [-0.39, 0.29) is 5.82 Å². The van der Waals surface area contributed by atoms with Gasteiger partial charge in [0.25, 0.3) is 0 Å². The number of benzene rings is 1. The number of halogens is 1. The molecular weight excluding hydrogens is 175 g/mol. The Morgan fingerprint density at radius 3 is 2.57 bits per heavy atom. The van der Waals surface area contributed by atoms with Crippen LogP contribution in [-0.4, -0.2) is 0 Å². The van der Waals surface area contributed by atoms with Crippen LogP contribution in [0.25, 0.3) is 0 Å². The monoisotopic (exact) mass is 194 g/mol. The zero-order chi connectivity index (χ0) is 10.4. The van der Waals surface area contributed by atoms with E-state index in [0.29, 0.717) is 0 Å². The minimum absolute atomic E-state index is 0.0951. The average molecular weight is 194 g/mol. The molecule has 0 N–H and O–H groups in total. The highest BCUT2D eigenvalue weighted by molar-refractivity contribution is 5.23. The molecule has 0 saturated carbocycles. The molecule has 0 unspecified atom stereocenters. The Hall–Kier alpha value is -0.850. The van der Waals surface area contributed by atoms with E-state index in [0.717, 1.165) is 12.0 Å². The minimum atomic E-state index is -0.0951. The van der Waals surface area contributed by atoms with E-state index in [4.69, 9.17) is 0 Å². The van der Waals surface area contributed by atoms with Gasteiger partial charge in [-0.15, -0.1) is 0 Å². The second-order valence-electron chi connectivity index (χ2n) is 3.89. The summed E-state index contributed by atoms with van der Waals surface area (Å²) >= 11 is 0. The summed E-state index contributed by atoms with van der Waals surface area (Å²) in [5.74, 6) is -0.0951. The van der Waals surface area contributed by atoms with Crippen molar-refractivity contribution in [3.63, 3.8) is 0 Å². The Kier molecular flexibility index (Phi) is 4.64. The summed E-state index contributed by atoms with van der Waals surface area (Å²) in [5.41, 5.74) is 2.03. The van der Waals surface area contributed by atoms with Gasteiger partial charge in [0.05, 0.1) is 0 Å². The summed E-state index contributed by atoms with van der Waals surface area (Å²) in [6.07, 6.45) is 6.16. The van der Waals surface area contributed by atoms with E-state index in [1.54, 1.807) is 6.07 Å². The molecule has 0 atom stereocenters. The highest BCUT2D eigenvalue weighted by Gasteiger charge is 1.98. The summed E-state index contributed by atoms with van der Waals surface area (Å²) in [4.78, 5) is 0. The van der Waals surface area contributed by atoms with Gasteiger partial charge in [0.1, 0.15) is 5.82 Å². The molecule has 78 valence electrons. The summed E-state index contributed by atoms with van der Waals surface area (Å²) in [6.45, 7) is 4.03. The first kappa shape index (κ1) is 11.2.